The molecule has 39 heavy (non-hydrogen) atoms. The zero-order valence-corrected chi connectivity index (χ0v) is 23.9. The van der Waals surface area contributed by atoms with Crippen molar-refractivity contribution in [3.63, 3.8) is 0 Å². The van der Waals surface area contributed by atoms with Crippen molar-refractivity contribution in [3.8, 4) is 0 Å². The quantitative estimate of drug-likeness (QED) is 0.258. The van der Waals surface area contributed by atoms with Crippen molar-refractivity contribution >= 4 is 35.6 Å². The van der Waals surface area contributed by atoms with Gasteiger partial charge in [0, 0.05) is 16.7 Å². The SMILES string of the molecule is COC(=O)[C@@H](NC(=O)c1cc(C(=O)N[C@H](C(=O)OC)C(C)C)cc(C(=O)N[C@H](C(=O)OC)C(C)C)c1)C(C)C. The first kappa shape index (κ1) is 33.1. The van der Waals surface area contributed by atoms with Crippen LogP contribution in [0.2, 0.25) is 0 Å². The number of hydrogen-bond acceptors (Lipinski definition) is 9. The average Bonchev–Trinajstić information content (AvgIpc) is 2.90. The van der Waals surface area contributed by atoms with E-state index in [2.05, 4.69) is 16.0 Å². The predicted molar refractivity (Wildman–Crippen MR) is 141 cm³/mol. The third-order valence-electron chi connectivity index (χ3n) is 5.94. The van der Waals surface area contributed by atoms with Crippen molar-refractivity contribution in [2.45, 2.75) is 59.7 Å². The van der Waals surface area contributed by atoms with E-state index >= 15 is 0 Å². The molecule has 0 radical (unpaired) electrons. The molecule has 0 saturated heterocycles. The second kappa shape index (κ2) is 14.8. The van der Waals surface area contributed by atoms with Crippen molar-refractivity contribution in [2.24, 2.45) is 17.8 Å². The maximum atomic E-state index is 13.2. The van der Waals surface area contributed by atoms with Gasteiger partial charge in [-0.15, -0.1) is 0 Å². The van der Waals surface area contributed by atoms with E-state index in [4.69, 9.17) is 14.2 Å². The molecule has 3 atom stereocenters. The largest absolute Gasteiger partial charge is 0.467 e. The molecular weight excluding hydrogens is 510 g/mol. The van der Waals surface area contributed by atoms with Crippen LogP contribution in [0, 0.1) is 17.8 Å². The fourth-order valence-corrected chi connectivity index (χ4v) is 3.57. The van der Waals surface area contributed by atoms with Crippen molar-refractivity contribution < 1.29 is 43.0 Å². The molecule has 0 saturated carbocycles. The van der Waals surface area contributed by atoms with Crippen molar-refractivity contribution in [1.82, 2.24) is 16.0 Å². The lowest BCUT2D eigenvalue weighted by Gasteiger charge is -2.22. The van der Waals surface area contributed by atoms with Gasteiger partial charge in [0.15, 0.2) is 0 Å². The molecule has 0 heterocycles. The molecule has 0 aliphatic carbocycles. The summed E-state index contributed by atoms with van der Waals surface area (Å²) in [6, 6.07) is 0.700. The number of esters is 3. The highest BCUT2D eigenvalue weighted by atomic mass is 16.5. The van der Waals surface area contributed by atoms with Crippen molar-refractivity contribution in [2.75, 3.05) is 21.3 Å². The lowest BCUT2D eigenvalue weighted by atomic mass is 9.99. The Morgan fingerprint density at radius 3 is 0.846 bits per heavy atom. The molecule has 3 N–H and O–H groups in total. The number of ether oxygens (including phenoxy) is 3. The lowest BCUT2D eigenvalue weighted by molar-refractivity contribution is -0.144. The molecule has 0 unspecified atom stereocenters. The van der Waals surface area contributed by atoms with E-state index in [1.807, 2.05) is 0 Å². The van der Waals surface area contributed by atoms with Gasteiger partial charge in [0.05, 0.1) is 21.3 Å². The fourth-order valence-electron chi connectivity index (χ4n) is 3.57. The summed E-state index contributed by atoms with van der Waals surface area (Å²) in [4.78, 5) is 76.0. The van der Waals surface area contributed by atoms with Crippen molar-refractivity contribution in [3.05, 3.63) is 34.9 Å². The molecular formula is C27H39N3O9. The maximum absolute atomic E-state index is 13.2. The molecule has 0 aliphatic rings. The number of methoxy groups -OCH3 is 3. The zero-order chi connectivity index (χ0) is 30.0. The summed E-state index contributed by atoms with van der Waals surface area (Å²) in [5.74, 6) is -5.21. The molecule has 0 fully saturated rings. The summed E-state index contributed by atoms with van der Waals surface area (Å²) >= 11 is 0. The first-order valence-corrected chi connectivity index (χ1v) is 12.5. The predicted octanol–water partition coefficient (Wildman–Crippen LogP) is 1.47. The van der Waals surface area contributed by atoms with Gasteiger partial charge in [0.25, 0.3) is 17.7 Å². The summed E-state index contributed by atoms with van der Waals surface area (Å²) in [5, 5.41) is 7.69. The van der Waals surface area contributed by atoms with Crippen LogP contribution in [0.4, 0.5) is 0 Å². The minimum absolute atomic E-state index is 0.110. The van der Waals surface area contributed by atoms with E-state index in [1.54, 1.807) is 41.5 Å². The van der Waals surface area contributed by atoms with Gasteiger partial charge in [-0.1, -0.05) is 41.5 Å². The highest BCUT2D eigenvalue weighted by Crippen LogP contribution is 2.15. The van der Waals surface area contributed by atoms with Gasteiger partial charge in [-0.25, -0.2) is 14.4 Å². The van der Waals surface area contributed by atoms with E-state index in [0.29, 0.717) is 0 Å². The first-order chi connectivity index (χ1) is 18.2. The minimum atomic E-state index is -0.994. The number of hydrogen-bond donors (Lipinski definition) is 3. The van der Waals surface area contributed by atoms with Crippen LogP contribution in [-0.2, 0) is 28.6 Å². The normalized spacial score (nSPS) is 13.2. The van der Waals surface area contributed by atoms with Crippen LogP contribution in [0.25, 0.3) is 0 Å². The summed E-state index contributed by atoms with van der Waals surface area (Å²) < 4.78 is 14.3. The fraction of sp³-hybridized carbons (Fsp3) is 0.556. The minimum Gasteiger partial charge on any atom is -0.467 e. The third kappa shape index (κ3) is 9.08. The molecule has 3 amide bonds. The third-order valence-corrected chi connectivity index (χ3v) is 5.94. The smallest absolute Gasteiger partial charge is 0.328 e. The maximum Gasteiger partial charge on any atom is 0.328 e. The van der Waals surface area contributed by atoms with Gasteiger partial charge in [0.1, 0.15) is 18.1 Å². The van der Waals surface area contributed by atoms with Gasteiger partial charge >= 0.3 is 17.9 Å². The highest BCUT2D eigenvalue weighted by Gasteiger charge is 2.30. The number of amides is 3. The molecule has 1 aromatic rings. The average molecular weight is 550 g/mol. The van der Waals surface area contributed by atoms with Crippen LogP contribution in [0.3, 0.4) is 0 Å². The Hall–Kier alpha value is -3.96. The molecule has 0 bridgehead atoms. The monoisotopic (exact) mass is 549 g/mol. The molecule has 0 spiro atoms. The number of carbonyl (C=O) groups excluding carboxylic acids is 6. The number of benzene rings is 1. The van der Waals surface area contributed by atoms with E-state index in [0.717, 1.165) is 0 Å². The number of carbonyl (C=O) groups is 6. The molecule has 0 aliphatic heterocycles. The van der Waals surface area contributed by atoms with Crippen LogP contribution >= 0.6 is 0 Å². The molecule has 1 aromatic carbocycles. The summed E-state index contributed by atoms with van der Waals surface area (Å²) in [5.41, 5.74) is -0.331. The Labute approximate surface area is 228 Å². The Balaban J connectivity index is 3.56. The van der Waals surface area contributed by atoms with Crippen molar-refractivity contribution in [1.29, 1.82) is 0 Å². The highest BCUT2D eigenvalue weighted by molar-refractivity contribution is 6.06. The summed E-state index contributed by atoms with van der Waals surface area (Å²) in [7, 11) is 3.57. The van der Waals surface area contributed by atoms with Crippen LogP contribution < -0.4 is 16.0 Å². The molecule has 0 aromatic heterocycles. The van der Waals surface area contributed by atoms with Crippen LogP contribution in [0.1, 0.15) is 72.6 Å². The van der Waals surface area contributed by atoms with Gasteiger partial charge in [0.2, 0.25) is 0 Å². The van der Waals surface area contributed by atoms with Gasteiger partial charge < -0.3 is 30.2 Å². The van der Waals surface area contributed by atoms with Gasteiger partial charge in [-0.05, 0) is 36.0 Å². The van der Waals surface area contributed by atoms with Gasteiger partial charge in [-0.2, -0.15) is 0 Å². The summed E-state index contributed by atoms with van der Waals surface area (Å²) in [6.07, 6.45) is 0. The Morgan fingerprint density at radius 1 is 0.487 bits per heavy atom. The van der Waals surface area contributed by atoms with E-state index in [9.17, 15) is 28.8 Å². The lowest BCUT2D eigenvalue weighted by Crippen LogP contribution is -2.46. The Kier molecular flexibility index (Phi) is 12.6. The number of rotatable bonds is 12. The molecule has 12 heteroatoms. The molecule has 12 nitrogen and oxygen atoms in total. The second-order valence-corrected chi connectivity index (χ2v) is 9.95. The van der Waals surface area contributed by atoms with E-state index in [1.165, 1.54) is 39.5 Å². The van der Waals surface area contributed by atoms with Gasteiger partial charge in [-0.3, -0.25) is 14.4 Å². The topological polar surface area (TPSA) is 166 Å². The first-order valence-electron chi connectivity index (χ1n) is 12.5. The molecule has 216 valence electrons. The standard InChI is InChI=1S/C27H39N3O9/c1-13(2)19(25(34)37-7)28-22(31)16-10-17(23(32)29-20(14(3)4)26(35)38-8)12-18(11-16)24(33)30-21(15(5)6)27(36)39-9/h10-15,19-21H,1-9H3,(H,28,31)(H,29,32)(H,30,33)/t19-,20-,21-/m0/s1. The number of nitrogens with one attached hydrogen (secondary N) is 3. The Bertz CT molecular complexity index is 937. The zero-order valence-electron chi connectivity index (χ0n) is 23.9. The van der Waals surface area contributed by atoms with Crippen LogP contribution in [0.5, 0.6) is 0 Å². The van der Waals surface area contributed by atoms with E-state index in [-0.39, 0.29) is 34.4 Å². The van der Waals surface area contributed by atoms with Crippen LogP contribution in [-0.4, -0.2) is 75.1 Å². The Morgan fingerprint density at radius 2 is 0.692 bits per heavy atom. The van der Waals surface area contributed by atoms with Crippen LogP contribution in [0.15, 0.2) is 18.2 Å². The second-order valence-electron chi connectivity index (χ2n) is 9.95. The molecule has 1 rings (SSSR count). The van der Waals surface area contributed by atoms with E-state index < -0.39 is 53.8 Å². The summed E-state index contributed by atoms with van der Waals surface area (Å²) in [6.45, 7) is 10.3.